The van der Waals surface area contributed by atoms with Gasteiger partial charge in [0.05, 0.1) is 13.2 Å². The molecular formula is C12H10FNO3S. The van der Waals surface area contributed by atoms with Crippen molar-refractivity contribution in [2.24, 2.45) is 0 Å². The quantitative estimate of drug-likeness (QED) is 0.734. The molecule has 0 spiro atoms. The van der Waals surface area contributed by atoms with Crippen LogP contribution in [0.2, 0.25) is 0 Å². The van der Waals surface area contributed by atoms with E-state index in [0.29, 0.717) is 24.3 Å². The maximum absolute atomic E-state index is 13.3. The highest BCUT2D eigenvalue weighted by atomic mass is 32.2. The van der Waals surface area contributed by atoms with Gasteiger partial charge in [0.25, 0.3) is 0 Å². The fourth-order valence-electron chi connectivity index (χ4n) is 2.11. The zero-order chi connectivity index (χ0) is 12.7. The maximum atomic E-state index is 13.3. The summed E-state index contributed by atoms with van der Waals surface area (Å²) in [4.78, 5) is 11.9. The molecule has 0 saturated heterocycles. The summed E-state index contributed by atoms with van der Waals surface area (Å²) >= 11 is 1.20. The smallest absolute Gasteiger partial charge is 0.417 e. The van der Waals surface area contributed by atoms with E-state index in [-0.39, 0.29) is 12.4 Å². The Morgan fingerprint density at radius 1 is 1.50 bits per heavy atom. The number of halogens is 1. The van der Waals surface area contributed by atoms with Crippen LogP contribution in [0.5, 0.6) is 5.75 Å². The van der Waals surface area contributed by atoms with Crippen LogP contribution in [0, 0.1) is 5.82 Å². The Kier molecular flexibility index (Phi) is 2.66. The minimum absolute atomic E-state index is 0.273. The van der Waals surface area contributed by atoms with Crippen LogP contribution in [0.1, 0.15) is 12.0 Å². The molecule has 2 aliphatic rings. The molecule has 2 heterocycles. The molecular weight excluding hydrogens is 257 g/mol. The van der Waals surface area contributed by atoms with Gasteiger partial charge >= 0.3 is 6.09 Å². The first-order chi connectivity index (χ1) is 8.65. The van der Waals surface area contributed by atoms with Crippen LogP contribution in [0.25, 0.3) is 5.57 Å². The number of fused-ring (bicyclic) bond motifs is 2. The molecule has 0 radical (unpaired) electrons. The van der Waals surface area contributed by atoms with E-state index in [2.05, 4.69) is 0 Å². The number of benzene rings is 1. The molecule has 3 rings (SSSR count). The van der Waals surface area contributed by atoms with Crippen LogP contribution in [-0.4, -0.2) is 28.7 Å². The summed E-state index contributed by atoms with van der Waals surface area (Å²) in [5.41, 5.74) is 1.52. The van der Waals surface area contributed by atoms with Gasteiger partial charge in [0.15, 0.2) is 0 Å². The first kappa shape index (κ1) is 11.4. The monoisotopic (exact) mass is 267 g/mol. The predicted molar refractivity (Wildman–Crippen MR) is 65.8 cm³/mol. The molecule has 0 saturated carbocycles. The maximum Gasteiger partial charge on any atom is 0.417 e. The van der Waals surface area contributed by atoms with E-state index >= 15 is 0 Å². The van der Waals surface area contributed by atoms with E-state index in [1.54, 1.807) is 6.07 Å². The van der Waals surface area contributed by atoms with Crippen LogP contribution < -0.4 is 4.74 Å². The molecule has 0 aromatic heterocycles. The third-order valence-corrected chi connectivity index (χ3v) is 4.10. The van der Waals surface area contributed by atoms with Crippen molar-refractivity contribution in [2.45, 2.75) is 6.42 Å². The van der Waals surface area contributed by atoms with Crippen molar-refractivity contribution in [3.63, 3.8) is 0 Å². The summed E-state index contributed by atoms with van der Waals surface area (Å²) < 4.78 is 20.1. The Morgan fingerprint density at radius 2 is 2.33 bits per heavy atom. The molecule has 0 bridgehead atoms. The molecule has 0 atom stereocenters. The van der Waals surface area contributed by atoms with Crippen molar-refractivity contribution in [2.75, 3.05) is 13.2 Å². The third kappa shape index (κ3) is 1.82. The molecule has 6 heteroatoms. The molecule has 2 aliphatic heterocycles. The van der Waals surface area contributed by atoms with Gasteiger partial charge in [-0.3, -0.25) is 0 Å². The van der Waals surface area contributed by atoms with Gasteiger partial charge in [0.1, 0.15) is 11.6 Å². The highest BCUT2D eigenvalue weighted by Gasteiger charge is 2.30. The second-order valence-electron chi connectivity index (χ2n) is 4.05. The number of ether oxygens (including phenoxy) is 1. The van der Waals surface area contributed by atoms with E-state index in [1.165, 1.54) is 28.4 Å². The lowest BCUT2D eigenvalue weighted by Gasteiger charge is -2.13. The van der Waals surface area contributed by atoms with E-state index in [0.717, 1.165) is 10.5 Å². The summed E-state index contributed by atoms with van der Waals surface area (Å²) in [6.45, 7) is 0.757. The molecule has 4 nitrogen and oxygen atoms in total. The molecule has 18 heavy (non-hydrogen) atoms. The van der Waals surface area contributed by atoms with Crippen LogP contribution in [0.15, 0.2) is 23.1 Å². The zero-order valence-electron chi connectivity index (χ0n) is 9.35. The first-order valence-electron chi connectivity index (χ1n) is 5.48. The van der Waals surface area contributed by atoms with Gasteiger partial charge in [0, 0.05) is 16.9 Å². The molecule has 0 aliphatic carbocycles. The number of nitrogens with zero attached hydrogens (tertiary/aromatic N) is 1. The number of hydrogen-bond acceptors (Lipinski definition) is 3. The minimum atomic E-state index is -0.980. The standard InChI is InChI=1S/C12H10FNO3S/c13-7-1-2-10-8(5-7)9-6-14(12(15)16)18-11(9)3-4-17-10/h1-2,5H,3-4,6H2,(H,15,16). The number of amides is 1. The second kappa shape index (κ2) is 4.20. The summed E-state index contributed by atoms with van der Waals surface area (Å²) in [6, 6.07) is 4.35. The first-order valence-corrected chi connectivity index (χ1v) is 6.25. The highest BCUT2D eigenvalue weighted by Crippen LogP contribution is 2.44. The van der Waals surface area contributed by atoms with Crippen molar-refractivity contribution in [1.29, 1.82) is 0 Å². The van der Waals surface area contributed by atoms with Gasteiger partial charge in [-0.2, -0.15) is 0 Å². The molecule has 1 aromatic rings. The Balaban J connectivity index is 2.04. The Hall–Kier alpha value is -1.69. The van der Waals surface area contributed by atoms with Crippen molar-refractivity contribution >= 4 is 23.6 Å². The van der Waals surface area contributed by atoms with E-state index in [4.69, 9.17) is 9.84 Å². The SMILES string of the molecule is O=C(O)N1CC2=C(CCOc3ccc(F)cc32)S1. The fraction of sp³-hybridized carbons (Fsp3) is 0.250. The number of carboxylic acid groups (broad SMARTS) is 1. The van der Waals surface area contributed by atoms with Crippen molar-refractivity contribution in [1.82, 2.24) is 4.31 Å². The lowest BCUT2D eigenvalue weighted by molar-refractivity contribution is 0.179. The Labute approximate surface area is 107 Å². The molecule has 1 aromatic carbocycles. The van der Waals surface area contributed by atoms with Gasteiger partial charge in [-0.25, -0.2) is 13.5 Å². The molecule has 0 fully saturated rings. The molecule has 1 amide bonds. The zero-order valence-corrected chi connectivity index (χ0v) is 10.2. The van der Waals surface area contributed by atoms with Gasteiger partial charge in [-0.1, -0.05) is 0 Å². The third-order valence-electron chi connectivity index (χ3n) is 2.93. The fourth-order valence-corrected chi connectivity index (χ4v) is 3.11. The topological polar surface area (TPSA) is 49.8 Å². The van der Waals surface area contributed by atoms with Crippen molar-refractivity contribution in [3.8, 4) is 5.75 Å². The van der Waals surface area contributed by atoms with Crippen LogP contribution in [0.4, 0.5) is 9.18 Å². The van der Waals surface area contributed by atoms with Crippen LogP contribution in [0.3, 0.4) is 0 Å². The lowest BCUT2D eigenvalue weighted by Crippen LogP contribution is -2.20. The summed E-state index contributed by atoms with van der Waals surface area (Å²) in [7, 11) is 0. The second-order valence-corrected chi connectivity index (χ2v) is 5.17. The van der Waals surface area contributed by atoms with Crippen LogP contribution in [-0.2, 0) is 0 Å². The summed E-state index contributed by atoms with van der Waals surface area (Å²) in [6.07, 6.45) is -0.327. The molecule has 1 N–H and O–H groups in total. The largest absolute Gasteiger partial charge is 0.493 e. The molecule has 94 valence electrons. The summed E-state index contributed by atoms with van der Waals surface area (Å²) in [5, 5.41) is 9.01. The Bertz CT molecular complexity index is 558. The van der Waals surface area contributed by atoms with Crippen molar-refractivity contribution in [3.05, 3.63) is 34.5 Å². The molecule has 0 unspecified atom stereocenters. The number of rotatable bonds is 0. The van der Waals surface area contributed by atoms with Gasteiger partial charge < -0.3 is 9.84 Å². The lowest BCUT2D eigenvalue weighted by atomic mass is 10.0. The Morgan fingerprint density at radius 3 is 3.11 bits per heavy atom. The van der Waals surface area contributed by atoms with Gasteiger partial charge in [-0.15, -0.1) is 0 Å². The van der Waals surface area contributed by atoms with E-state index in [1.807, 2.05) is 0 Å². The average molecular weight is 267 g/mol. The van der Waals surface area contributed by atoms with Crippen molar-refractivity contribution < 1.29 is 19.0 Å². The number of carbonyl (C=O) groups is 1. The summed E-state index contributed by atoms with van der Waals surface area (Å²) in [5.74, 6) is 0.277. The minimum Gasteiger partial charge on any atom is -0.493 e. The number of hydrogen-bond donors (Lipinski definition) is 1. The average Bonchev–Trinajstić information content (AvgIpc) is 2.68. The highest BCUT2D eigenvalue weighted by molar-refractivity contribution is 8.01. The van der Waals surface area contributed by atoms with E-state index in [9.17, 15) is 9.18 Å². The normalized spacial score (nSPS) is 17.9. The van der Waals surface area contributed by atoms with Gasteiger partial charge in [-0.05, 0) is 35.7 Å². The van der Waals surface area contributed by atoms with E-state index < -0.39 is 6.09 Å². The van der Waals surface area contributed by atoms with Gasteiger partial charge in [0.2, 0.25) is 0 Å². The predicted octanol–water partition coefficient (Wildman–Crippen LogP) is 2.96. The van der Waals surface area contributed by atoms with Crippen LogP contribution >= 0.6 is 11.9 Å².